The fourth-order valence-corrected chi connectivity index (χ4v) is 2.51. The highest BCUT2D eigenvalue weighted by Gasteiger charge is 2.13. The first kappa shape index (κ1) is 16.0. The second kappa shape index (κ2) is 6.17. The molecule has 0 saturated carbocycles. The molecule has 0 unspecified atom stereocenters. The van der Waals surface area contributed by atoms with Crippen molar-refractivity contribution in [3.8, 4) is 0 Å². The molecule has 6 nitrogen and oxygen atoms in total. The number of carbonyl (C=O) groups excluding carboxylic acids is 1. The van der Waals surface area contributed by atoms with Crippen molar-refractivity contribution < 1.29 is 4.79 Å². The Morgan fingerprint density at radius 3 is 2.41 bits per heavy atom. The van der Waals surface area contributed by atoms with Gasteiger partial charge in [0.25, 0.3) is 5.91 Å². The lowest BCUT2D eigenvalue weighted by Gasteiger charge is -2.10. The molecule has 1 amide bonds. The molecule has 0 bridgehead atoms. The fourth-order valence-electron chi connectivity index (χ4n) is 2.51. The first-order valence-electron chi connectivity index (χ1n) is 7.27. The van der Waals surface area contributed by atoms with Crippen LogP contribution in [-0.2, 0) is 13.6 Å². The van der Waals surface area contributed by atoms with E-state index in [-0.39, 0.29) is 11.6 Å². The van der Waals surface area contributed by atoms with E-state index in [4.69, 9.17) is 0 Å². The van der Waals surface area contributed by atoms with Crippen LogP contribution in [0.5, 0.6) is 0 Å². The molecule has 2 heterocycles. The molecule has 22 heavy (non-hydrogen) atoms. The van der Waals surface area contributed by atoms with Crippen LogP contribution in [0, 0.1) is 27.7 Å². The molecule has 0 spiro atoms. The number of carbonyl (C=O) groups is 1. The second-order valence-corrected chi connectivity index (χ2v) is 5.57. The molecule has 0 atom stereocenters. The van der Waals surface area contributed by atoms with Crippen molar-refractivity contribution in [1.82, 2.24) is 19.4 Å². The van der Waals surface area contributed by atoms with Gasteiger partial charge in [0.05, 0.1) is 5.56 Å². The summed E-state index contributed by atoms with van der Waals surface area (Å²) in [5.74, 6) is -0.119. The van der Waals surface area contributed by atoms with Crippen LogP contribution >= 0.6 is 0 Å². The Kier molecular flexibility index (Phi) is 4.49. The molecule has 0 saturated heterocycles. The Labute approximate surface area is 129 Å². The molecule has 1 N–H and O–H groups in total. The summed E-state index contributed by atoms with van der Waals surface area (Å²) in [4.78, 5) is 28.0. The predicted octanol–water partition coefficient (Wildman–Crippen LogP) is 1.25. The highest BCUT2D eigenvalue weighted by atomic mass is 16.2. The standard InChI is InChI=1S/C16H22N4O2/c1-10-8-12(3)20(16(22)18-10)7-6-17-15(21)14-9-11(2)19(5)13(14)4/h8-9H,6-7H2,1-5H3,(H,17,21). The number of rotatable bonds is 4. The molecule has 0 radical (unpaired) electrons. The van der Waals surface area contributed by atoms with Crippen LogP contribution in [0.4, 0.5) is 0 Å². The summed E-state index contributed by atoms with van der Waals surface area (Å²) in [5.41, 5.74) is 3.92. The largest absolute Gasteiger partial charge is 0.351 e. The number of aromatic nitrogens is 3. The van der Waals surface area contributed by atoms with E-state index in [1.54, 1.807) is 11.5 Å². The van der Waals surface area contributed by atoms with Gasteiger partial charge >= 0.3 is 5.69 Å². The van der Waals surface area contributed by atoms with Crippen LogP contribution in [0.15, 0.2) is 16.9 Å². The maximum absolute atomic E-state index is 12.2. The topological polar surface area (TPSA) is 68.9 Å². The van der Waals surface area contributed by atoms with E-state index in [1.807, 2.05) is 44.5 Å². The van der Waals surface area contributed by atoms with Crippen molar-refractivity contribution in [2.24, 2.45) is 7.05 Å². The normalized spacial score (nSPS) is 10.8. The average molecular weight is 302 g/mol. The van der Waals surface area contributed by atoms with E-state index in [9.17, 15) is 9.59 Å². The zero-order chi connectivity index (χ0) is 16.4. The van der Waals surface area contributed by atoms with Gasteiger partial charge in [-0.25, -0.2) is 4.79 Å². The van der Waals surface area contributed by atoms with Crippen LogP contribution in [0.3, 0.4) is 0 Å². The number of nitrogens with zero attached hydrogens (tertiary/aromatic N) is 3. The lowest BCUT2D eigenvalue weighted by atomic mass is 10.2. The summed E-state index contributed by atoms with van der Waals surface area (Å²) in [6, 6.07) is 3.73. The van der Waals surface area contributed by atoms with Crippen molar-refractivity contribution >= 4 is 5.91 Å². The van der Waals surface area contributed by atoms with Gasteiger partial charge in [0.2, 0.25) is 0 Å². The minimum Gasteiger partial charge on any atom is -0.351 e. The number of aryl methyl sites for hydroxylation is 3. The predicted molar refractivity (Wildman–Crippen MR) is 85.2 cm³/mol. The van der Waals surface area contributed by atoms with E-state index >= 15 is 0 Å². The third kappa shape index (κ3) is 3.10. The number of nitrogens with one attached hydrogen (secondary N) is 1. The van der Waals surface area contributed by atoms with Crippen molar-refractivity contribution in [1.29, 1.82) is 0 Å². The molecule has 0 aliphatic rings. The molecule has 2 aromatic heterocycles. The third-order valence-electron chi connectivity index (χ3n) is 3.99. The fraction of sp³-hybridized carbons (Fsp3) is 0.438. The van der Waals surface area contributed by atoms with E-state index in [0.29, 0.717) is 24.3 Å². The quantitative estimate of drug-likeness (QED) is 0.924. The molecule has 2 aromatic rings. The van der Waals surface area contributed by atoms with Gasteiger partial charge in [0.15, 0.2) is 0 Å². The van der Waals surface area contributed by atoms with Gasteiger partial charge in [0, 0.05) is 42.9 Å². The van der Waals surface area contributed by atoms with Crippen molar-refractivity contribution in [3.63, 3.8) is 0 Å². The van der Waals surface area contributed by atoms with Gasteiger partial charge in [-0.05, 0) is 39.8 Å². The van der Waals surface area contributed by atoms with Gasteiger partial charge in [-0.15, -0.1) is 0 Å². The molecule has 0 aliphatic heterocycles. The van der Waals surface area contributed by atoms with Crippen LogP contribution in [0.2, 0.25) is 0 Å². The number of hydrogen-bond acceptors (Lipinski definition) is 3. The van der Waals surface area contributed by atoms with Gasteiger partial charge in [-0.1, -0.05) is 0 Å². The molecule has 0 aliphatic carbocycles. The summed E-state index contributed by atoms with van der Waals surface area (Å²) in [6.45, 7) is 8.33. The Hall–Kier alpha value is -2.37. The van der Waals surface area contributed by atoms with Crippen LogP contribution in [-0.4, -0.2) is 26.6 Å². The zero-order valence-electron chi connectivity index (χ0n) is 13.7. The minimum atomic E-state index is -0.279. The third-order valence-corrected chi connectivity index (χ3v) is 3.99. The summed E-state index contributed by atoms with van der Waals surface area (Å²) in [5, 5.41) is 2.86. The molecular weight excluding hydrogens is 280 g/mol. The van der Waals surface area contributed by atoms with Crippen molar-refractivity contribution in [3.05, 3.63) is 51.0 Å². The van der Waals surface area contributed by atoms with Crippen molar-refractivity contribution in [2.45, 2.75) is 34.2 Å². The molecule has 0 aromatic carbocycles. The Bertz CT molecular complexity index is 771. The minimum absolute atomic E-state index is 0.119. The van der Waals surface area contributed by atoms with Crippen LogP contribution in [0.1, 0.15) is 33.1 Å². The zero-order valence-corrected chi connectivity index (χ0v) is 13.7. The second-order valence-electron chi connectivity index (χ2n) is 5.57. The molecule has 6 heteroatoms. The Morgan fingerprint density at radius 1 is 1.18 bits per heavy atom. The van der Waals surface area contributed by atoms with Gasteiger partial charge < -0.3 is 9.88 Å². The van der Waals surface area contributed by atoms with E-state index in [1.165, 1.54) is 0 Å². The van der Waals surface area contributed by atoms with Crippen LogP contribution in [0.25, 0.3) is 0 Å². The monoisotopic (exact) mass is 302 g/mol. The first-order valence-corrected chi connectivity index (χ1v) is 7.27. The Morgan fingerprint density at radius 2 is 1.86 bits per heavy atom. The van der Waals surface area contributed by atoms with Crippen LogP contribution < -0.4 is 11.0 Å². The van der Waals surface area contributed by atoms with Gasteiger partial charge in [-0.2, -0.15) is 4.98 Å². The highest BCUT2D eigenvalue weighted by Crippen LogP contribution is 2.12. The highest BCUT2D eigenvalue weighted by molar-refractivity contribution is 5.95. The first-order chi connectivity index (χ1) is 10.3. The van der Waals surface area contributed by atoms with Crippen molar-refractivity contribution in [2.75, 3.05) is 6.54 Å². The van der Waals surface area contributed by atoms with E-state index in [2.05, 4.69) is 10.3 Å². The molecule has 2 rings (SSSR count). The summed E-state index contributed by atoms with van der Waals surface area (Å²) in [7, 11) is 1.93. The number of amides is 1. The maximum Gasteiger partial charge on any atom is 0.348 e. The van der Waals surface area contributed by atoms with Gasteiger partial charge in [-0.3, -0.25) is 9.36 Å². The SMILES string of the molecule is Cc1cc(C)n(CCNC(=O)c2cc(C)n(C)c2C)c(=O)n1. The molecule has 118 valence electrons. The lowest BCUT2D eigenvalue weighted by molar-refractivity contribution is 0.0951. The number of hydrogen-bond donors (Lipinski definition) is 1. The summed E-state index contributed by atoms with van der Waals surface area (Å²) >= 11 is 0. The maximum atomic E-state index is 12.2. The lowest BCUT2D eigenvalue weighted by Crippen LogP contribution is -2.33. The summed E-state index contributed by atoms with van der Waals surface area (Å²) in [6.07, 6.45) is 0. The average Bonchev–Trinajstić information content (AvgIpc) is 2.69. The molecule has 0 fully saturated rings. The summed E-state index contributed by atoms with van der Waals surface area (Å²) < 4.78 is 3.55. The van der Waals surface area contributed by atoms with E-state index in [0.717, 1.165) is 17.1 Å². The molecular formula is C16H22N4O2. The van der Waals surface area contributed by atoms with E-state index < -0.39 is 0 Å². The smallest absolute Gasteiger partial charge is 0.348 e. The Balaban J connectivity index is 2.04. The van der Waals surface area contributed by atoms with Gasteiger partial charge in [0.1, 0.15) is 0 Å².